The predicted octanol–water partition coefficient (Wildman–Crippen LogP) is 3.08. The summed E-state index contributed by atoms with van der Waals surface area (Å²) in [5, 5.41) is 8.30. The topological polar surface area (TPSA) is 94.5 Å². The molecule has 0 aromatic carbocycles. The van der Waals surface area contributed by atoms with Gasteiger partial charge in [-0.05, 0) is 52.4 Å². The lowest BCUT2D eigenvalue weighted by molar-refractivity contribution is -0.133. The Kier molecular flexibility index (Phi) is 5.72. The van der Waals surface area contributed by atoms with E-state index in [0.717, 1.165) is 60.8 Å². The van der Waals surface area contributed by atoms with Crippen molar-refractivity contribution in [1.29, 1.82) is 0 Å². The number of hydrogen-bond acceptors (Lipinski definition) is 7. The van der Waals surface area contributed by atoms with Crippen LogP contribution in [0.5, 0.6) is 0 Å². The van der Waals surface area contributed by atoms with Crippen LogP contribution < -0.4 is 0 Å². The summed E-state index contributed by atoms with van der Waals surface area (Å²) in [7, 11) is 1.72. The number of carbonyl (C=O) groups is 1. The molecule has 2 fully saturated rings. The number of amides is 1. The van der Waals surface area contributed by atoms with Crippen molar-refractivity contribution in [3.63, 3.8) is 0 Å². The standard InChI is InChI=1S/C21H30N4O4/c1-14-17(15(2)28-23-14)6-7-18(26)25-11-8-21(9-12-25,10-13-27-3)20-22-19(29-24-20)16-4-5-16/h16H,4-13H2,1-3H3. The maximum Gasteiger partial charge on any atom is 0.229 e. The first kappa shape index (κ1) is 20.1. The average Bonchev–Trinajstić information content (AvgIpc) is 3.37. The van der Waals surface area contributed by atoms with Crippen molar-refractivity contribution in [3.05, 3.63) is 28.7 Å². The maximum atomic E-state index is 12.8. The Morgan fingerprint density at radius 2 is 1.97 bits per heavy atom. The van der Waals surface area contributed by atoms with Gasteiger partial charge >= 0.3 is 0 Å². The van der Waals surface area contributed by atoms with Crippen LogP contribution in [0.3, 0.4) is 0 Å². The van der Waals surface area contributed by atoms with Crippen molar-refractivity contribution in [2.24, 2.45) is 0 Å². The van der Waals surface area contributed by atoms with Gasteiger partial charge in [0.05, 0.1) is 5.69 Å². The molecule has 1 amide bonds. The Balaban J connectivity index is 1.38. The minimum Gasteiger partial charge on any atom is -0.385 e. The Bertz CT molecular complexity index is 827. The molecule has 29 heavy (non-hydrogen) atoms. The smallest absolute Gasteiger partial charge is 0.229 e. The summed E-state index contributed by atoms with van der Waals surface area (Å²) >= 11 is 0. The van der Waals surface area contributed by atoms with Crippen LogP contribution in [0.1, 0.15) is 73.2 Å². The molecular formula is C21H30N4O4. The highest BCUT2D eigenvalue weighted by molar-refractivity contribution is 5.76. The van der Waals surface area contributed by atoms with Crippen LogP contribution in [0.2, 0.25) is 0 Å². The average molecular weight is 402 g/mol. The second-order valence-electron chi connectivity index (χ2n) is 8.44. The van der Waals surface area contributed by atoms with E-state index in [1.165, 1.54) is 0 Å². The minimum atomic E-state index is -0.176. The molecule has 0 bridgehead atoms. The molecule has 0 spiro atoms. The van der Waals surface area contributed by atoms with Gasteiger partial charge in [-0.1, -0.05) is 10.3 Å². The first-order valence-electron chi connectivity index (χ1n) is 10.5. The molecule has 1 saturated heterocycles. The van der Waals surface area contributed by atoms with E-state index in [0.29, 0.717) is 38.5 Å². The summed E-state index contributed by atoms with van der Waals surface area (Å²) in [5.41, 5.74) is 1.74. The molecule has 3 heterocycles. The molecule has 8 heteroatoms. The predicted molar refractivity (Wildman–Crippen MR) is 105 cm³/mol. The number of carbonyl (C=O) groups excluding carboxylic acids is 1. The molecule has 2 aromatic heterocycles. The summed E-state index contributed by atoms with van der Waals surface area (Å²) in [6, 6.07) is 0. The van der Waals surface area contributed by atoms with Gasteiger partial charge in [0.15, 0.2) is 5.82 Å². The number of methoxy groups -OCH3 is 1. The van der Waals surface area contributed by atoms with Crippen LogP contribution in [-0.4, -0.2) is 52.9 Å². The maximum absolute atomic E-state index is 12.8. The first-order valence-corrected chi connectivity index (χ1v) is 10.5. The largest absolute Gasteiger partial charge is 0.385 e. The molecule has 4 rings (SSSR count). The number of hydrogen-bond donors (Lipinski definition) is 0. The molecule has 0 atom stereocenters. The molecule has 1 aliphatic heterocycles. The van der Waals surface area contributed by atoms with E-state index in [1.54, 1.807) is 7.11 Å². The summed E-state index contributed by atoms with van der Waals surface area (Å²) < 4.78 is 16.1. The van der Waals surface area contributed by atoms with Crippen molar-refractivity contribution in [3.8, 4) is 0 Å². The zero-order valence-electron chi connectivity index (χ0n) is 17.6. The summed E-state index contributed by atoms with van der Waals surface area (Å²) in [6.07, 6.45) is 5.92. The molecule has 2 aromatic rings. The van der Waals surface area contributed by atoms with Crippen LogP contribution in [0, 0.1) is 13.8 Å². The van der Waals surface area contributed by atoms with Crippen LogP contribution in [0.25, 0.3) is 0 Å². The Morgan fingerprint density at radius 1 is 1.21 bits per heavy atom. The Hall–Kier alpha value is -2.22. The van der Waals surface area contributed by atoms with Gasteiger partial charge in [-0.15, -0.1) is 0 Å². The lowest BCUT2D eigenvalue weighted by Gasteiger charge is -2.40. The third-order valence-corrected chi connectivity index (χ3v) is 6.47. The van der Waals surface area contributed by atoms with E-state index in [9.17, 15) is 4.79 Å². The van der Waals surface area contributed by atoms with Crippen molar-refractivity contribution >= 4 is 5.91 Å². The Labute approximate surface area is 171 Å². The van der Waals surface area contributed by atoms with E-state index < -0.39 is 0 Å². The third kappa shape index (κ3) is 4.22. The number of aromatic nitrogens is 3. The van der Waals surface area contributed by atoms with E-state index in [2.05, 4.69) is 10.3 Å². The molecule has 1 aliphatic carbocycles. The van der Waals surface area contributed by atoms with E-state index in [1.807, 2.05) is 18.7 Å². The summed E-state index contributed by atoms with van der Waals surface area (Å²) in [5.74, 6) is 2.99. The molecular weight excluding hydrogens is 372 g/mol. The van der Waals surface area contributed by atoms with E-state index >= 15 is 0 Å². The van der Waals surface area contributed by atoms with Gasteiger partial charge in [-0.3, -0.25) is 4.79 Å². The summed E-state index contributed by atoms with van der Waals surface area (Å²) in [6.45, 7) is 5.87. The molecule has 0 unspecified atom stereocenters. The third-order valence-electron chi connectivity index (χ3n) is 6.47. The van der Waals surface area contributed by atoms with Crippen LogP contribution in [0.15, 0.2) is 9.05 Å². The van der Waals surface area contributed by atoms with Crippen LogP contribution >= 0.6 is 0 Å². The highest BCUT2D eigenvalue weighted by atomic mass is 16.5. The summed E-state index contributed by atoms with van der Waals surface area (Å²) in [4.78, 5) is 19.5. The number of rotatable bonds is 8. The van der Waals surface area contributed by atoms with Crippen molar-refractivity contribution < 1.29 is 18.6 Å². The van der Waals surface area contributed by atoms with Gasteiger partial charge in [-0.25, -0.2) is 0 Å². The quantitative estimate of drug-likeness (QED) is 0.669. The molecule has 0 N–H and O–H groups in total. The highest BCUT2D eigenvalue weighted by Crippen LogP contribution is 2.42. The van der Waals surface area contributed by atoms with Gasteiger partial charge in [0.1, 0.15) is 5.76 Å². The van der Waals surface area contributed by atoms with Crippen molar-refractivity contribution in [2.75, 3.05) is 26.8 Å². The first-order chi connectivity index (χ1) is 14.0. The zero-order chi connectivity index (χ0) is 20.4. The van der Waals surface area contributed by atoms with Gasteiger partial charge in [0.2, 0.25) is 11.8 Å². The van der Waals surface area contributed by atoms with Crippen LogP contribution in [0.4, 0.5) is 0 Å². The van der Waals surface area contributed by atoms with Crippen molar-refractivity contribution in [2.45, 2.75) is 70.1 Å². The van der Waals surface area contributed by atoms with Gasteiger partial charge in [0.25, 0.3) is 0 Å². The van der Waals surface area contributed by atoms with Gasteiger partial charge in [-0.2, -0.15) is 4.98 Å². The van der Waals surface area contributed by atoms with Gasteiger partial charge in [0, 0.05) is 50.1 Å². The second kappa shape index (κ2) is 8.26. The SMILES string of the molecule is COCCC1(c2noc(C3CC3)n2)CCN(C(=O)CCc2c(C)noc2C)CC1. The van der Waals surface area contributed by atoms with Crippen LogP contribution in [-0.2, 0) is 21.4 Å². The Morgan fingerprint density at radius 3 is 2.59 bits per heavy atom. The molecule has 1 saturated carbocycles. The minimum absolute atomic E-state index is 0.176. The number of likely N-dealkylation sites (tertiary alicyclic amines) is 1. The molecule has 0 radical (unpaired) electrons. The fraction of sp³-hybridized carbons (Fsp3) is 0.714. The van der Waals surface area contributed by atoms with E-state index in [-0.39, 0.29) is 11.3 Å². The fourth-order valence-corrected chi connectivity index (χ4v) is 4.26. The number of aryl methyl sites for hydroxylation is 2. The molecule has 2 aliphatic rings. The number of nitrogens with zero attached hydrogens (tertiary/aromatic N) is 4. The lowest BCUT2D eigenvalue weighted by Crippen LogP contribution is -2.46. The van der Waals surface area contributed by atoms with E-state index in [4.69, 9.17) is 18.8 Å². The second-order valence-corrected chi connectivity index (χ2v) is 8.44. The van der Waals surface area contributed by atoms with Crippen molar-refractivity contribution in [1.82, 2.24) is 20.2 Å². The lowest BCUT2D eigenvalue weighted by atomic mass is 9.75. The fourth-order valence-electron chi connectivity index (χ4n) is 4.26. The normalized spacial score (nSPS) is 18.9. The number of ether oxygens (including phenoxy) is 1. The molecule has 158 valence electrons. The monoisotopic (exact) mass is 402 g/mol. The van der Waals surface area contributed by atoms with Gasteiger partial charge < -0.3 is 18.7 Å². The highest BCUT2D eigenvalue weighted by Gasteiger charge is 2.42. The zero-order valence-corrected chi connectivity index (χ0v) is 17.6. The number of piperidine rings is 1. The molecule has 8 nitrogen and oxygen atoms in total.